The lowest BCUT2D eigenvalue weighted by Gasteiger charge is -2.26. The van der Waals surface area contributed by atoms with E-state index in [9.17, 15) is 15.2 Å². The Morgan fingerprint density at radius 1 is 1.14 bits per heavy atom. The van der Waals surface area contributed by atoms with Crippen molar-refractivity contribution in [3.05, 3.63) is 57.6 Å². The summed E-state index contributed by atoms with van der Waals surface area (Å²) < 4.78 is 0. The van der Waals surface area contributed by atoms with Crippen LogP contribution in [0.25, 0.3) is 11.1 Å². The van der Waals surface area contributed by atoms with Gasteiger partial charge in [-0.25, -0.2) is 0 Å². The summed E-state index contributed by atoms with van der Waals surface area (Å²) in [6, 6.07) is 10.4. The molecule has 0 amide bonds. The first-order valence-corrected chi connectivity index (χ1v) is 7.35. The maximum absolute atomic E-state index is 10.7. The number of hydrogen-bond donors (Lipinski definition) is 1. The average Bonchev–Trinajstić information content (AvgIpc) is 2.49. The minimum atomic E-state index is -0.405. The number of phenols is 1. The molecule has 0 saturated heterocycles. The van der Waals surface area contributed by atoms with Crippen LogP contribution in [0.15, 0.2) is 36.4 Å². The summed E-state index contributed by atoms with van der Waals surface area (Å²) in [5.41, 5.74) is 3.53. The van der Waals surface area contributed by atoms with Crippen LogP contribution in [0.4, 0.5) is 5.69 Å². The van der Waals surface area contributed by atoms with Crippen molar-refractivity contribution < 1.29 is 10.0 Å². The van der Waals surface area contributed by atoms with Gasteiger partial charge in [0.05, 0.1) is 4.92 Å². The van der Waals surface area contributed by atoms with Gasteiger partial charge in [0.15, 0.2) is 0 Å². The number of nitro benzene ring substituents is 1. The van der Waals surface area contributed by atoms with Gasteiger partial charge in [-0.2, -0.15) is 0 Å². The van der Waals surface area contributed by atoms with Crippen LogP contribution in [0.2, 0.25) is 0 Å². The molecule has 0 heterocycles. The summed E-state index contributed by atoms with van der Waals surface area (Å²) in [6.07, 6.45) is 0.906. The molecule has 2 rings (SSSR count). The van der Waals surface area contributed by atoms with Gasteiger partial charge >= 0.3 is 0 Å². The van der Waals surface area contributed by atoms with Crippen molar-refractivity contribution in [1.82, 2.24) is 0 Å². The van der Waals surface area contributed by atoms with Crippen LogP contribution in [0, 0.1) is 17.0 Å². The fourth-order valence-electron chi connectivity index (χ4n) is 2.43. The Morgan fingerprint density at radius 2 is 1.73 bits per heavy atom. The van der Waals surface area contributed by atoms with E-state index in [1.807, 2.05) is 19.1 Å². The summed E-state index contributed by atoms with van der Waals surface area (Å²) in [6.45, 7) is 8.16. The highest BCUT2D eigenvalue weighted by Gasteiger charge is 2.23. The Labute approximate surface area is 130 Å². The molecule has 0 spiro atoms. The molecule has 0 aliphatic carbocycles. The first-order chi connectivity index (χ1) is 10.3. The molecule has 0 unspecified atom stereocenters. The van der Waals surface area contributed by atoms with Crippen LogP contribution in [0.3, 0.4) is 0 Å². The number of aryl methyl sites for hydroxylation is 1. The van der Waals surface area contributed by atoms with Crippen LogP contribution in [0.5, 0.6) is 5.75 Å². The van der Waals surface area contributed by atoms with Crippen LogP contribution < -0.4 is 0 Å². The number of non-ortho nitro benzene ring substituents is 1. The monoisotopic (exact) mass is 299 g/mol. The average molecular weight is 299 g/mol. The highest BCUT2D eigenvalue weighted by atomic mass is 16.6. The van der Waals surface area contributed by atoms with Crippen LogP contribution in [-0.2, 0) is 5.41 Å². The Morgan fingerprint density at radius 3 is 2.23 bits per heavy atom. The molecule has 0 radical (unpaired) electrons. The third-order valence-electron chi connectivity index (χ3n) is 4.32. The number of aromatic hydroxyl groups is 1. The molecule has 0 aromatic heterocycles. The predicted octanol–water partition coefficient (Wildman–Crippen LogP) is 4.96. The standard InChI is InChI=1S/C18H21NO3/c1-5-18(3,4)16-11-14(10-12(2)17(16)20)13-6-8-15(9-7-13)19(21)22/h6-11,20H,5H2,1-4H3. The van der Waals surface area contributed by atoms with E-state index in [-0.39, 0.29) is 11.1 Å². The first kappa shape index (κ1) is 16.0. The molecular formula is C18H21NO3. The van der Waals surface area contributed by atoms with Crippen molar-refractivity contribution in [1.29, 1.82) is 0 Å². The zero-order valence-electron chi connectivity index (χ0n) is 13.4. The minimum Gasteiger partial charge on any atom is -0.507 e. The van der Waals surface area contributed by atoms with E-state index >= 15 is 0 Å². The smallest absolute Gasteiger partial charge is 0.269 e. The fourth-order valence-corrected chi connectivity index (χ4v) is 2.43. The zero-order valence-corrected chi connectivity index (χ0v) is 13.4. The summed E-state index contributed by atoms with van der Waals surface area (Å²) in [5.74, 6) is 0.331. The van der Waals surface area contributed by atoms with E-state index in [0.717, 1.165) is 28.7 Å². The Kier molecular flexibility index (Phi) is 4.22. The molecule has 4 heteroatoms. The number of nitro groups is 1. The van der Waals surface area contributed by atoms with Crippen molar-refractivity contribution in [2.24, 2.45) is 0 Å². The molecule has 2 aromatic rings. The first-order valence-electron chi connectivity index (χ1n) is 7.35. The van der Waals surface area contributed by atoms with Gasteiger partial charge in [-0.15, -0.1) is 0 Å². The third-order valence-corrected chi connectivity index (χ3v) is 4.32. The summed E-state index contributed by atoms with van der Waals surface area (Å²) in [5, 5.41) is 21.1. The third kappa shape index (κ3) is 2.96. The lowest BCUT2D eigenvalue weighted by molar-refractivity contribution is -0.384. The van der Waals surface area contributed by atoms with Gasteiger partial charge < -0.3 is 5.11 Å². The second-order valence-corrected chi connectivity index (χ2v) is 6.23. The van der Waals surface area contributed by atoms with E-state index < -0.39 is 4.92 Å². The molecule has 0 bridgehead atoms. The molecule has 0 aliphatic heterocycles. The Hall–Kier alpha value is -2.36. The Bertz CT molecular complexity index is 703. The maximum atomic E-state index is 10.7. The molecule has 0 atom stereocenters. The van der Waals surface area contributed by atoms with Crippen molar-refractivity contribution in [3.63, 3.8) is 0 Å². The quantitative estimate of drug-likeness (QED) is 0.640. The molecule has 22 heavy (non-hydrogen) atoms. The number of hydrogen-bond acceptors (Lipinski definition) is 3. The molecule has 4 nitrogen and oxygen atoms in total. The summed E-state index contributed by atoms with van der Waals surface area (Å²) in [4.78, 5) is 10.3. The van der Waals surface area contributed by atoms with Gasteiger partial charge in [-0.1, -0.05) is 20.8 Å². The number of benzene rings is 2. The van der Waals surface area contributed by atoms with Crippen molar-refractivity contribution in [3.8, 4) is 16.9 Å². The van der Waals surface area contributed by atoms with Gasteiger partial charge in [-0.3, -0.25) is 10.1 Å². The molecule has 2 aromatic carbocycles. The van der Waals surface area contributed by atoms with E-state index in [0.29, 0.717) is 5.75 Å². The van der Waals surface area contributed by atoms with Gasteiger partial charge in [-0.05, 0) is 59.7 Å². The van der Waals surface area contributed by atoms with E-state index in [4.69, 9.17) is 0 Å². The normalized spacial score (nSPS) is 11.5. The number of phenolic OH excluding ortho intramolecular Hbond substituents is 1. The second kappa shape index (κ2) is 5.79. The SMILES string of the molecule is CCC(C)(C)c1cc(-c2ccc([N+](=O)[O-])cc2)cc(C)c1O. The topological polar surface area (TPSA) is 63.4 Å². The van der Waals surface area contributed by atoms with Crippen molar-refractivity contribution >= 4 is 5.69 Å². The zero-order chi connectivity index (χ0) is 16.5. The van der Waals surface area contributed by atoms with Crippen LogP contribution in [0.1, 0.15) is 38.3 Å². The lowest BCUT2D eigenvalue weighted by Crippen LogP contribution is -2.16. The van der Waals surface area contributed by atoms with E-state index in [1.165, 1.54) is 12.1 Å². The second-order valence-electron chi connectivity index (χ2n) is 6.23. The van der Waals surface area contributed by atoms with Gasteiger partial charge in [0, 0.05) is 17.7 Å². The van der Waals surface area contributed by atoms with E-state index in [1.54, 1.807) is 12.1 Å². The molecule has 0 fully saturated rings. The molecule has 116 valence electrons. The molecular weight excluding hydrogens is 278 g/mol. The summed E-state index contributed by atoms with van der Waals surface area (Å²) in [7, 11) is 0. The Balaban J connectivity index is 2.55. The highest BCUT2D eigenvalue weighted by Crippen LogP contribution is 2.39. The largest absolute Gasteiger partial charge is 0.507 e. The molecule has 1 N–H and O–H groups in total. The van der Waals surface area contributed by atoms with Crippen LogP contribution >= 0.6 is 0 Å². The lowest BCUT2D eigenvalue weighted by atomic mass is 9.79. The van der Waals surface area contributed by atoms with Gasteiger partial charge in [0.2, 0.25) is 0 Å². The van der Waals surface area contributed by atoms with Crippen molar-refractivity contribution in [2.75, 3.05) is 0 Å². The van der Waals surface area contributed by atoms with Gasteiger partial charge in [0.25, 0.3) is 5.69 Å². The van der Waals surface area contributed by atoms with Crippen LogP contribution in [-0.4, -0.2) is 10.0 Å². The van der Waals surface area contributed by atoms with Gasteiger partial charge in [0.1, 0.15) is 5.75 Å². The molecule has 0 saturated carbocycles. The maximum Gasteiger partial charge on any atom is 0.269 e. The predicted molar refractivity (Wildman–Crippen MR) is 88.3 cm³/mol. The number of nitrogens with zero attached hydrogens (tertiary/aromatic N) is 1. The fraction of sp³-hybridized carbons (Fsp3) is 0.333. The number of rotatable bonds is 4. The molecule has 0 aliphatic rings. The summed E-state index contributed by atoms with van der Waals surface area (Å²) >= 11 is 0. The van der Waals surface area contributed by atoms with E-state index in [2.05, 4.69) is 20.8 Å². The highest BCUT2D eigenvalue weighted by molar-refractivity contribution is 5.69. The van der Waals surface area contributed by atoms with Crippen molar-refractivity contribution in [2.45, 2.75) is 39.5 Å². The minimum absolute atomic E-state index is 0.0772.